The average Bonchev–Trinajstić information content (AvgIpc) is 3.05. The van der Waals surface area contributed by atoms with Crippen LogP contribution in [0.5, 0.6) is 0 Å². The molecule has 0 spiro atoms. The zero-order valence-corrected chi connectivity index (χ0v) is 15.4. The zero-order valence-electron chi connectivity index (χ0n) is 15.4. The monoisotopic (exact) mass is 352 g/mol. The van der Waals surface area contributed by atoms with Crippen LogP contribution >= 0.6 is 0 Å². The molecule has 4 rings (SSSR count). The third kappa shape index (κ3) is 3.15. The summed E-state index contributed by atoms with van der Waals surface area (Å²) < 4.78 is 8.15. The highest BCUT2D eigenvalue weighted by Gasteiger charge is 2.33. The summed E-state index contributed by atoms with van der Waals surface area (Å²) in [6, 6.07) is 8.08. The van der Waals surface area contributed by atoms with Crippen molar-refractivity contribution in [3.63, 3.8) is 0 Å². The summed E-state index contributed by atoms with van der Waals surface area (Å²) in [5, 5.41) is 3.45. The van der Waals surface area contributed by atoms with Gasteiger partial charge in [0.1, 0.15) is 5.82 Å². The van der Waals surface area contributed by atoms with E-state index in [0.29, 0.717) is 6.54 Å². The van der Waals surface area contributed by atoms with Gasteiger partial charge in [0.15, 0.2) is 0 Å². The van der Waals surface area contributed by atoms with E-state index >= 15 is 0 Å². The molecule has 1 fully saturated rings. The summed E-state index contributed by atoms with van der Waals surface area (Å²) in [6.07, 6.45) is 3.77. The Morgan fingerprint density at radius 3 is 2.69 bits per heavy atom. The Balaban J connectivity index is 1.56. The number of likely N-dealkylation sites (N-methyl/N-ethyl adjacent to an activating group) is 1. The van der Waals surface area contributed by atoms with Gasteiger partial charge in [-0.05, 0) is 26.1 Å². The lowest BCUT2D eigenvalue weighted by atomic mass is 10.0. The molecule has 0 unspecified atom stereocenters. The highest BCUT2D eigenvalue weighted by atomic mass is 16.5. The Labute approximate surface area is 153 Å². The van der Waals surface area contributed by atoms with Gasteiger partial charge in [0.05, 0.1) is 47.5 Å². The fourth-order valence-electron chi connectivity index (χ4n) is 3.55. The lowest BCUT2D eigenvalue weighted by molar-refractivity contribution is -0.0578. The number of nitrogens with one attached hydrogen (secondary N) is 1. The number of imidazole rings is 1. The third-order valence-electron chi connectivity index (χ3n) is 4.98. The lowest BCUT2D eigenvalue weighted by Crippen LogP contribution is -2.46. The number of aromatic nitrogens is 4. The fourth-order valence-corrected chi connectivity index (χ4v) is 3.55. The number of aryl methyl sites for hydroxylation is 2. The molecule has 3 heterocycles. The van der Waals surface area contributed by atoms with Crippen LogP contribution in [0.15, 0.2) is 36.8 Å². The van der Waals surface area contributed by atoms with Crippen molar-refractivity contribution in [3.05, 3.63) is 48.2 Å². The van der Waals surface area contributed by atoms with E-state index in [1.54, 1.807) is 0 Å². The van der Waals surface area contributed by atoms with Crippen LogP contribution in [0.2, 0.25) is 0 Å². The molecule has 7 nitrogen and oxygen atoms in total. The maximum atomic E-state index is 6.10. The summed E-state index contributed by atoms with van der Waals surface area (Å²) in [4.78, 5) is 16.0. The van der Waals surface area contributed by atoms with E-state index in [0.717, 1.165) is 41.4 Å². The molecule has 7 heteroatoms. The minimum Gasteiger partial charge on any atom is -0.373 e. The first-order valence-electron chi connectivity index (χ1n) is 8.89. The van der Waals surface area contributed by atoms with Crippen molar-refractivity contribution >= 4 is 16.9 Å². The summed E-state index contributed by atoms with van der Waals surface area (Å²) in [7, 11) is 4.16. The molecular formula is C19H24N6O. The number of para-hydroxylation sites is 2. The number of nitrogens with zero attached hydrogens (tertiary/aromatic N) is 5. The smallest absolute Gasteiger partial charge is 0.148 e. The Bertz CT molecular complexity index is 908. The molecular weight excluding hydrogens is 328 g/mol. The second-order valence-corrected chi connectivity index (χ2v) is 6.79. The highest BCUT2D eigenvalue weighted by Crippen LogP contribution is 2.28. The van der Waals surface area contributed by atoms with Crippen molar-refractivity contribution < 1.29 is 4.74 Å². The molecule has 2 atom stereocenters. The second-order valence-electron chi connectivity index (χ2n) is 6.79. The molecule has 1 N–H and O–H groups in total. The van der Waals surface area contributed by atoms with E-state index in [2.05, 4.69) is 31.8 Å². The van der Waals surface area contributed by atoms with Crippen molar-refractivity contribution in [1.82, 2.24) is 24.4 Å². The molecule has 1 aliphatic rings. The molecule has 136 valence electrons. The molecule has 0 amide bonds. The summed E-state index contributed by atoms with van der Waals surface area (Å²) in [5.74, 6) is 0.810. The van der Waals surface area contributed by atoms with Crippen LogP contribution in [0.3, 0.4) is 0 Å². The SMILES string of the molecule is Cc1nc2ccccc2nc1NC[C@@H]1OCCN(C)[C@H]1c1cncn1C. The molecule has 1 saturated heterocycles. The van der Waals surface area contributed by atoms with Gasteiger partial charge in [-0.3, -0.25) is 4.90 Å². The van der Waals surface area contributed by atoms with Crippen LogP contribution in [0, 0.1) is 6.92 Å². The molecule has 0 aliphatic carbocycles. The van der Waals surface area contributed by atoms with E-state index in [4.69, 9.17) is 9.72 Å². The summed E-state index contributed by atoms with van der Waals surface area (Å²) >= 11 is 0. The zero-order chi connectivity index (χ0) is 18.1. The number of anilines is 1. The van der Waals surface area contributed by atoms with Crippen LogP contribution in [0.1, 0.15) is 17.4 Å². The Kier molecular flexibility index (Phi) is 4.57. The van der Waals surface area contributed by atoms with Crippen molar-refractivity contribution in [1.29, 1.82) is 0 Å². The van der Waals surface area contributed by atoms with Gasteiger partial charge in [-0.15, -0.1) is 0 Å². The van der Waals surface area contributed by atoms with Gasteiger partial charge in [0, 0.05) is 26.3 Å². The Morgan fingerprint density at radius 2 is 1.96 bits per heavy atom. The molecule has 26 heavy (non-hydrogen) atoms. The van der Waals surface area contributed by atoms with Gasteiger partial charge < -0.3 is 14.6 Å². The van der Waals surface area contributed by atoms with E-state index in [9.17, 15) is 0 Å². The predicted octanol–water partition coefficient (Wildman–Crippen LogP) is 2.16. The largest absolute Gasteiger partial charge is 0.373 e. The van der Waals surface area contributed by atoms with Gasteiger partial charge in [-0.25, -0.2) is 15.0 Å². The number of hydrogen-bond donors (Lipinski definition) is 1. The first-order valence-corrected chi connectivity index (χ1v) is 8.89. The van der Waals surface area contributed by atoms with Crippen LogP contribution < -0.4 is 5.32 Å². The first kappa shape index (κ1) is 16.9. The van der Waals surface area contributed by atoms with Crippen molar-refractivity contribution in [2.75, 3.05) is 32.1 Å². The highest BCUT2D eigenvalue weighted by molar-refractivity contribution is 5.76. The normalized spacial score (nSPS) is 21.2. The average molecular weight is 352 g/mol. The molecule has 2 aromatic heterocycles. The number of ether oxygens (including phenoxy) is 1. The molecule has 0 radical (unpaired) electrons. The number of benzene rings is 1. The topological polar surface area (TPSA) is 68.1 Å². The molecule has 0 saturated carbocycles. The van der Waals surface area contributed by atoms with Crippen molar-refractivity contribution in [3.8, 4) is 0 Å². The van der Waals surface area contributed by atoms with Gasteiger partial charge in [0.2, 0.25) is 0 Å². The first-order chi connectivity index (χ1) is 12.6. The maximum Gasteiger partial charge on any atom is 0.148 e. The summed E-state index contributed by atoms with van der Waals surface area (Å²) in [5.41, 5.74) is 3.85. The van der Waals surface area contributed by atoms with Crippen LogP contribution in [-0.4, -0.2) is 57.3 Å². The molecule has 0 bridgehead atoms. The van der Waals surface area contributed by atoms with Gasteiger partial charge in [-0.2, -0.15) is 0 Å². The van der Waals surface area contributed by atoms with Gasteiger partial charge in [-0.1, -0.05) is 12.1 Å². The van der Waals surface area contributed by atoms with Gasteiger partial charge >= 0.3 is 0 Å². The lowest BCUT2D eigenvalue weighted by Gasteiger charge is -2.39. The van der Waals surface area contributed by atoms with Crippen molar-refractivity contribution in [2.24, 2.45) is 7.05 Å². The van der Waals surface area contributed by atoms with Crippen molar-refractivity contribution in [2.45, 2.75) is 19.1 Å². The number of morpholine rings is 1. The standard InChI is InChI=1S/C19H24N6O/c1-13-19(23-15-7-5-4-6-14(15)22-13)21-11-17-18(24(2)8-9-26-17)16-10-20-12-25(16)3/h4-7,10,12,17-18H,8-9,11H2,1-3H3,(H,21,23)/t17-,18-/m0/s1. The van der Waals surface area contributed by atoms with E-state index in [1.165, 1.54) is 0 Å². The Hall–Kier alpha value is -2.51. The maximum absolute atomic E-state index is 6.10. The van der Waals surface area contributed by atoms with E-state index in [1.807, 2.05) is 50.8 Å². The van der Waals surface area contributed by atoms with Crippen LogP contribution in [0.4, 0.5) is 5.82 Å². The third-order valence-corrected chi connectivity index (χ3v) is 4.98. The number of rotatable bonds is 4. The van der Waals surface area contributed by atoms with E-state index in [-0.39, 0.29) is 12.1 Å². The predicted molar refractivity (Wildman–Crippen MR) is 101 cm³/mol. The van der Waals surface area contributed by atoms with Gasteiger partial charge in [0.25, 0.3) is 0 Å². The number of fused-ring (bicyclic) bond motifs is 1. The molecule has 3 aromatic rings. The quantitative estimate of drug-likeness (QED) is 0.776. The molecule has 1 aromatic carbocycles. The summed E-state index contributed by atoms with van der Waals surface area (Å²) in [6.45, 7) is 4.27. The van der Waals surface area contributed by atoms with Crippen LogP contribution in [-0.2, 0) is 11.8 Å². The second kappa shape index (κ2) is 7.01. The fraction of sp³-hybridized carbons (Fsp3) is 0.421. The van der Waals surface area contributed by atoms with E-state index < -0.39 is 0 Å². The molecule has 1 aliphatic heterocycles. The van der Waals surface area contributed by atoms with Crippen LogP contribution in [0.25, 0.3) is 11.0 Å². The Morgan fingerprint density at radius 1 is 1.19 bits per heavy atom. The minimum absolute atomic E-state index is 0.0109. The number of hydrogen-bond acceptors (Lipinski definition) is 6. The minimum atomic E-state index is 0.0109.